The van der Waals surface area contributed by atoms with Crippen LogP contribution in [-0.4, -0.2) is 51.2 Å². The molecule has 2 fully saturated rings. The summed E-state index contributed by atoms with van der Waals surface area (Å²) in [6.07, 6.45) is 0.767. The number of rotatable bonds is 2. The first-order valence-electron chi connectivity index (χ1n) is 5.88. The largest absolute Gasteiger partial charge is 0.378 e. The average molecular weight is 289 g/mol. The molecule has 0 aromatic carbocycles. The third-order valence-electron chi connectivity index (χ3n) is 3.37. The van der Waals surface area contributed by atoms with Gasteiger partial charge in [-0.25, -0.2) is 8.42 Å². The summed E-state index contributed by atoms with van der Waals surface area (Å²) in [5.74, 6) is 0. The highest BCUT2D eigenvalue weighted by atomic mass is 32.2. The van der Waals surface area contributed by atoms with E-state index in [0.29, 0.717) is 37.1 Å². The fourth-order valence-corrected chi connectivity index (χ4v) is 5.02. The third-order valence-corrected chi connectivity index (χ3v) is 6.59. The predicted octanol–water partition coefficient (Wildman–Crippen LogP) is 0.928. The van der Waals surface area contributed by atoms with E-state index in [9.17, 15) is 8.42 Å². The molecule has 0 N–H and O–H groups in total. The second-order valence-corrected chi connectivity index (χ2v) is 7.72. The zero-order valence-electron chi connectivity index (χ0n) is 9.87. The van der Waals surface area contributed by atoms with Gasteiger partial charge < -0.3 is 9.47 Å². The lowest BCUT2D eigenvalue weighted by molar-refractivity contribution is -0.0897. The van der Waals surface area contributed by atoms with Crippen molar-refractivity contribution in [2.45, 2.75) is 16.2 Å². The minimum atomic E-state index is -3.37. The van der Waals surface area contributed by atoms with Gasteiger partial charge in [-0.05, 0) is 11.4 Å². The van der Waals surface area contributed by atoms with Crippen LogP contribution >= 0.6 is 11.3 Å². The summed E-state index contributed by atoms with van der Waals surface area (Å²) < 4.78 is 37.9. The van der Waals surface area contributed by atoms with Gasteiger partial charge in [0.2, 0.25) is 0 Å². The zero-order valence-corrected chi connectivity index (χ0v) is 11.5. The van der Waals surface area contributed by atoms with Gasteiger partial charge in [0.15, 0.2) is 0 Å². The molecule has 0 saturated carbocycles. The first-order valence-corrected chi connectivity index (χ1v) is 8.20. The molecule has 5 nitrogen and oxygen atoms in total. The van der Waals surface area contributed by atoms with Crippen molar-refractivity contribution in [1.82, 2.24) is 4.31 Å². The molecule has 0 radical (unpaired) electrons. The lowest BCUT2D eigenvalue weighted by Crippen LogP contribution is -2.53. The van der Waals surface area contributed by atoms with Gasteiger partial charge in [-0.2, -0.15) is 4.31 Å². The van der Waals surface area contributed by atoms with Crippen molar-refractivity contribution in [3.8, 4) is 0 Å². The Morgan fingerprint density at radius 2 is 2.28 bits per heavy atom. The number of nitrogens with zero attached hydrogens (tertiary/aromatic N) is 1. The Bertz CT molecular complexity index is 505. The average Bonchev–Trinajstić information content (AvgIpc) is 3.01. The standard InChI is InChI=1S/C11H15NO4S2/c13-18(14,10-2-1-7-17-10)12-4-6-16-11(8-12)3-5-15-9-11/h1-2,7H,3-6,8-9H2/t11-/m0/s1. The van der Waals surface area contributed by atoms with Crippen molar-refractivity contribution in [2.75, 3.05) is 32.9 Å². The number of morpholine rings is 1. The first-order chi connectivity index (χ1) is 8.62. The van der Waals surface area contributed by atoms with Crippen LogP contribution in [-0.2, 0) is 19.5 Å². The Morgan fingerprint density at radius 3 is 2.94 bits per heavy atom. The zero-order chi connectivity index (χ0) is 12.6. The fraction of sp³-hybridized carbons (Fsp3) is 0.636. The summed E-state index contributed by atoms with van der Waals surface area (Å²) in [7, 11) is -3.37. The highest BCUT2D eigenvalue weighted by Gasteiger charge is 2.44. The molecule has 1 aromatic heterocycles. The van der Waals surface area contributed by atoms with Crippen LogP contribution in [0.25, 0.3) is 0 Å². The molecule has 1 atom stereocenters. The molecule has 2 aliphatic rings. The van der Waals surface area contributed by atoms with Gasteiger partial charge >= 0.3 is 0 Å². The maximum atomic E-state index is 12.4. The second kappa shape index (κ2) is 4.57. The topological polar surface area (TPSA) is 55.8 Å². The van der Waals surface area contributed by atoms with Crippen LogP contribution in [0.2, 0.25) is 0 Å². The number of hydrogen-bond acceptors (Lipinski definition) is 5. The molecule has 1 spiro atoms. The summed E-state index contributed by atoms with van der Waals surface area (Å²) in [4.78, 5) is 0. The Labute approximate surface area is 110 Å². The number of ether oxygens (including phenoxy) is 2. The molecule has 100 valence electrons. The lowest BCUT2D eigenvalue weighted by Gasteiger charge is -2.38. The van der Waals surface area contributed by atoms with Crippen molar-refractivity contribution in [3.05, 3.63) is 17.5 Å². The molecule has 0 aliphatic carbocycles. The van der Waals surface area contributed by atoms with E-state index < -0.39 is 15.6 Å². The number of thiophene rings is 1. The molecule has 3 rings (SSSR count). The van der Waals surface area contributed by atoms with Crippen LogP contribution in [0.1, 0.15) is 6.42 Å². The molecular weight excluding hydrogens is 274 g/mol. The molecular formula is C11H15NO4S2. The maximum Gasteiger partial charge on any atom is 0.252 e. The third kappa shape index (κ3) is 2.10. The molecule has 1 aromatic rings. The van der Waals surface area contributed by atoms with Gasteiger partial charge in [-0.15, -0.1) is 11.3 Å². The van der Waals surface area contributed by atoms with Gasteiger partial charge in [-0.1, -0.05) is 6.07 Å². The molecule has 7 heteroatoms. The first kappa shape index (κ1) is 12.6. The monoisotopic (exact) mass is 289 g/mol. The van der Waals surface area contributed by atoms with E-state index in [0.717, 1.165) is 6.42 Å². The summed E-state index contributed by atoms with van der Waals surface area (Å²) >= 11 is 1.25. The van der Waals surface area contributed by atoms with Crippen LogP contribution in [0.15, 0.2) is 21.7 Å². The normalized spacial score (nSPS) is 30.0. The molecule has 18 heavy (non-hydrogen) atoms. The summed E-state index contributed by atoms with van der Waals surface area (Å²) in [5.41, 5.74) is -0.428. The van der Waals surface area contributed by atoms with Gasteiger partial charge in [0, 0.05) is 26.1 Å². The van der Waals surface area contributed by atoms with E-state index in [1.54, 1.807) is 17.5 Å². The van der Waals surface area contributed by atoms with Crippen molar-refractivity contribution in [2.24, 2.45) is 0 Å². The van der Waals surface area contributed by atoms with Gasteiger partial charge in [-0.3, -0.25) is 0 Å². The maximum absolute atomic E-state index is 12.4. The van der Waals surface area contributed by atoms with Crippen LogP contribution in [0.5, 0.6) is 0 Å². The quantitative estimate of drug-likeness (QED) is 0.812. The molecule has 2 aliphatic heterocycles. The fourth-order valence-electron chi connectivity index (χ4n) is 2.38. The highest BCUT2D eigenvalue weighted by molar-refractivity contribution is 7.91. The lowest BCUT2D eigenvalue weighted by atomic mass is 10.0. The molecule has 0 bridgehead atoms. The van der Waals surface area contributed by atoms with Crippen molar-refractivity contribution >= 4 is 21.4 Å². The van der Waals surface area contributed by atoms with E-state index in [1.165, 1.54) is 15.6 Å². The van der Waals surface area contributed by atoms with Crippen LogP contribution in [0, 0.1) is 0 Å². The number of sulfonamides is 1. The van der Waals surface area contributed by atoms with Crippen molar-refractivity contribution in [1.29, 1.82) is 0 Å². The summed E-state index contributed by atoms with van der Waals surface area (Å²) in [6.45, 7) is 2.39. The SMILES string of the molecule is O=S(=O)(c1cccs1)N1CCO[C@@]2(CCOC2)C1. The Morgan fingerprint density at radius 1 is 1.39 bits per heavy atom. The second-order valence-electron chi connectivity index (χ2n) is 4.60. The Kier molecular flexibility index (Phi) is 3.19. The van der Waals surface area contributed by atoms with Gasteiger partial charge in [0.1, 0.15) is 9.81 Å². The van der Waals surface area contributed by atoms with E-state index >= 15 is 0 Å². The van der Waals surface area contributed by atoms with Crippen LogP contribution in [0.4, 0.5) is 0 Å². The minimum Gasteiger partial charge on any atom is -0.378 e. The van der Waals surface area contributed by atoms with Crippen molar-refractivity contribution < 1.29 is 17.9 Å². The van der Waals surface area contributed by atoms with E-state index in [2.05, 4.69) is 0 Å². The van der Waals surface area contributed by atoms with Gasteiger partial charge in [0.25, 0.3) is 10.0 Å². The molecule has 0 amide bonds. The summed E-state index contributed by atoms with van der Waals surface area (Å²) in [6, 6.07) is 3.40. The number of hydrogen-bond donors (Lipinski definition) is 0. The van der Waals surface area contributed by atoms with Crippen LogP contribution in [0.3, 0.4) is 0 Å². The minimum absolute atomic E-state index is 0.396. The van der Waals surface area contributed by atoms with E-state index in [4.69, 9.17) is 9.47 Å². The highest BCUT2D eigenvalue weighted by Crippen LogP contribution is 2.31. The van der Waals surface area contributed by atoms with E-state index in [-0.39, 0.29) is 0 Å². The van der Waals surface area contributed by atoms with Crippen LogP contribution < -0.4 is 0 Å². The Hall–Kier alpha value is -0.470. The molecule has 2 saturated heterocycles. The predicted molar refractivity (Wildman–Crippen MR) is 67.2 cm³/mol. The Balaban J connectivity index is 1.84. The van der Waals surface area contributed by atoms with Gasteiger partial charge in [0.05, 0.1) is 13.2 Å². The molecule has 0 unspecified atom stereocenters. The summed E-state index contributed by atoms with van der Waals surface area (Å²) in [5, 5.41) is 1.78. The van der Waals surface area contributed by atoms with E-state index in [1.807, 2.05) is 0 Å². The van der Waals surface area contributed by atoms with Crippen molar-refractivity contribution in [3.63, 3.8) is 0 Å². The smallest absolute Gasteiger partial charge is 0.252 e. The molecule has 3 heterocycles.